The zero-order valence-corrected chi connectivity index (χ0v) is 24.8. The van der Waals surface area contributed by atoms with E-state index in [1.54, 1.807) is 11.1 Å². The number of anilines is 1. The number of halogens is 1. The fourth-order valence-electron chi connectivity index (χ4n) is 6.58. The standard InChI is InChI=1S/C32H39FN6O3/c1-5-37-12-10-26-25(17-37)28(9-11-35-26)41-23-14-32(15-23)18-38(19-32)30-29(16-34-20-36-30)42-27-8-7-22(33)13-24(27)31(40)39(6-2)21(3)4/h7-9,11,13,16,20-21,23H,5-6,10,12,14-15,17-19H2,1-4H3. The van der Waals surface area contributed by atoms with Gasteiger partial charge in [0.2, 0.25) is 0 Å². The van der Waals surface area contributed by atoms with Crippen molar-refractivity contribution in [2.45, 2.75) is 65.6 Å². The Morgan fingerprint density at radius 1 is 1.14 bits per heavy atom. The third-order valence-electron chi connectivity index (χ3n) is 8.84. The van der Waals surface area contributed by atoms with E-state index >= 15 is 0 Å². The van der Waals surface area contributed by atoms with Crippen molar-refractivity contribution < 1.29 is 18.7 Å². The van der Waals surface area contributed by atoms with Crippen molar-refractivity contribution in [3.8, 4) is 17.2 Å². The van der Waals surface area contributed by atoms with Crippen LogP contribution in [0.2, 0.25) is 0 Å². The van der Waals surface area contributed by atoms with Gasteiger partial charge in [-0.05, 0) is 64.4 Å². The topological polar surface area (TPSA) is 83.9 Å². The lowest BCUT2D eigenvalue weighted by Gasteiger charge is -2.59. The number of carbonyl (C=O) groups is 1. The first-order chi connectivity index (χ1) is 20.3. The Morgan fingerprint density at radius 2 is 1.95 bits per heavy atom. The minimum Gasteiger partial charge on any atom is -0.490 e. The van der Waals surface area contributed by atoms with E-state index in [0.717, 1.165) is 63.4 Å². The van der Waals surface area contributed by atoms with Crippen molar-refractivity contribution in [1.82, 2.24) is 24.8 Å². The Labute approximate surface area is 246 Å². The summed E-state index contributed by atoms with van der Waals surface area (Å²) >= 11 is 0. The number of carbonyl (C=O) groups excluding carboxylic acids is 1. The molecular weight excluding hydrogens is 535 g/mol. The summed E-state index contributed by atoms with van der Waals surface area (Å²) in [7, 11) is 0. The lowest BCUT2D eigenvalue weighted by molar-refractivity contribution is -0.0352. The maximum Gasteiger partial charge on any atom is 0.257 e. The molecule has 1 spiro atoms. The first-order valence-electron chi connectivity index (χ1n) is 15.0. The number of hydrogen-bond donors (Lipinski definition) is 0. The van der Waals surface area contributed by atoms with Crippen LogP contribution in [0.5, 0.6) is 17.2 Å². The monoisotopic (exact) mass is 574 g/mol. The molecule has 3 aliphatic rings. The van der Waals surface area contributed by atoms with E-state index in [1.165, 1.54) is 30.1 Å². The minimum absolute atomic E-state index is 0.0307. The van der Waals surface area contributed by atoms with E-state index < -0.39 is 5.82 Å². The van der Waals surface area contributed by atoms with Crippen LogP contribution in [-0.4, -0.2) is 75.5 Å². The maximum absolute atomic E-state index is 14.2. The molecule has 0 radical (unpaired) electrons. The number of benzene rings is 1. The van der Waals surface area contributed by atoms with Crippen LogP contribution in [0.1, 0.15) is 62.2 Å². The molecule has 4 heterocycles. The maximum atomic E-state index is 14.2. The van der Waals surface area contributed by atoms with Crippen molar-refractivity contribution in [2.24, 2.45) is 5.41 Å². The second-order valence-corrected chi connectivity index (χ2v) is 12.0. The lowest BCUT2D eigenvalue weighted by atomic mass is 9.61. The molecule has 1 saturated heterocycles. The molecule has 42 heavy (non-hydrogen) atoms. The number of likely N-dealkylation sites (N-methyl/N-ethyl adjacent to an activating group) is 1. The van der Waals surface area contributed by atoms with E-state index in [-0.39, 0.29) is 34.8 Å². The summed E-state index contributed by atoms with van der Waals surface area (Å²) in [5.74, 6) is 1.60. The Hall–Kier alpha value is -3.79. The molecule has 0 atom stereocenters. The molecule has 2 fully saturated rings. The van der Waals surface area contributed by atoms with Crippen molar-refractivity contribution >= 4 is 11.7 Å². The molecule has 0 bridgehead atoms. The van der Waals surface area contributed by atoms with E-state index in [4.69, 9.17) is 9.47 Å². The second kappa shape index (κ2) is 11.5. The molecule has 1 amide bonds. The Bertz CT molecular complexity index is 1450. The lowest BCUT2D eigenvalue weighted by Crippen LogP contribution is -2.65. The SMILES string of the molecule is CCN1CCc2nccc(OC3CC4(C3)CN(c3ncncc3Oc3ccc(F)cc3C(=O)N(CC)C(C)C)C4)c2C1. The first kappa shape index (κ1) is 28.3. The van der Waals surface area contributed by atoms with Gasteiger partial charge in [0.25, 0.3) is 5.91 Å². The molecular formula is C32H39FN6O3. The highest BCUT2D eigenvalue weighted by molar-refractivity contribution is 5.97. The molecule has 6 rings (SSSR count). The largest absolute Gasteiger partial charge is 0.490 e. The van der Waals surface area contributed by atoms with Crippen molar-refractivity contribution in [1.29, 1.82) is 0 Å². The van der Waals surface area contributed by atoms with Crippen LogP contribution in [-0.2, 0) is 13.0 Å². The summed E-state index contributed by atoms with van der Waals surface area (Å²) in [6.45, 7) is 13.1. The third kappa shape index (κ3) is 5.40. The average molecular weight is 575 g/mol. The van der Waals surface area contributed by atoms with Gasteiger partial charge in [-0.25, -0.2) is 14.4 Å². The summed E-state index contributed by atoms with van der Waals surface area (Å²) in [5, 5.41) is 0. The van der Waals surface area contributed by atoms with E-state index in [0.29, 0.717) is 18.1 Å². The van der Waals surface area contributed by atoms with E-state index in [2.05, 4.69) is 31.7 Å². The minimum atomic E-state index is -0.489. The second-order valence-electron chi connectivity index (χ2n) is 12.0. The molecule has 222 valence electrons. The third-order valence-corrected chi connectivity index (χ3v) is 8.84. The highest BCUT2D eigenvalue weighted by Gasteiger charge is 2.54. The fraction of sp³-hybridized carbons (Fsp3) is 0.500. The van der Waals surface area contributed by atoms with Crippen molar-refractivity contribution in [3.05, 3.63) is 65.6 Å². The molecule has 0 unspecified atom stereocenters. The quantitative estimate of drug-likeness (QED) is 0.349. The van der Waals surface area contributed by atoms with Crippen LogP contribution in [0.4, 0.5) is 10.2 Å². The van der Waals surface area contributed by atoms with Crippen LogP contribution in [0.15, 0.2) is 43.0 Å². The van der Waals surface area contributed by atoms with Gasteiger partial charge in [-0.2, -0.15) is 0 Å². The van der Waals surface area contributed by atoms with Gasteiger partial charge in [0.15, 0.2) is 11.6 Å². The van der Waals surface area contributed by atoms with Crippen LogP contribution in [0.25, 0.3) is 0 Å². The molecule has 3 aromatic rings. The molecule has 9 nitrogen and oxygen atoms in total. The van der Waals surface area contributed by atoms with Gasteiger partial charge in [-0.3, -0.25) is 14.7 Å². The summed E-state index contributed by atoms with van der Waals surface area (Å²) < 4.78 is 27.0. The number of nitrogens with zero attached hydrogens (tertiary/aromatic N) is 6. The fourth-order valence-corrected chi connectivity index (χ4v) is 6.58. The highest BCUT2D eigenvalue weighted by atomic mass is 19.1. The molecule has 10 heteroatoms. The summed E-state index contributed by atoms with van der Waals surface area (Å²) in [6, 6.07) is 6.01. The first-order valence-corrected chi connectivity index (χ1v) is 15.0. The van der Waals surface area contributed by atoms with Gasteiger partial charge >= 0.3 is 0 Å². The summed E-state index contributed by atoms with van der Waals surface area (Å²) in [4.78, 5) is 32.9. The van der Waals surface area contributed by atoms with Crippen molar-refractivity contribution in [3.63, 3.8) is 0 Å². The number of hydrogen-bond acceptors (Lipinski definition) is 8. The van der Waals surface area contributed by atoms with Crippen LogP contribution in [0.3, 0.4) is 0 Å². The van der Waals surface area contributed by atoms with Crippen LogP contribution < -0.4 is 14.4 Å². The Balaban J connectivity index is 1.12. The molecule has 2 aliphatic heterocycles. The van der Waals surface area contributed by atoms with Crippen molar-refractivity contribution in [2.75, 3.05) is 37.6 Å². The van der Waals surface area contributed by atoms with Gasteiger partial charge in [0.1, 0.15) is 29.7 Å². The summed E-state index contributed by atoms with van der Waals surface area (Å²) in [6.07, 6.45) is 8.09. The average Bonchev–Trinajstić information content (AvgIpc) is 2.95. The van der Waals surface area contributed by atoms with Gasteiger partial charge < -0.3 is 19.3 Å². The number of pyridine rings is 1. The molecule has 1 saturated carbocycles. The molecule has 2 aromatic heterocycles. The number of fused-ring (bicyclic) bond motifs is 1. The number of amides is 1. The number of ether oxygens (including phenoxy) is 2. The molecule has 1 aliphatic carbocycles. The normalized spacial score (nSPS) is 17.9. The van der Waals surface area contributed by atoms with Gasteiger partial charge in [0.05, 0.1) is 11.8 Å². The zero-order chi connectivity index (χ0) is 29.4. The Kier molecular flexibility index (Phi) is 7.74. The number of aromatic nitrogens is 3. The van der Waals surface area contributed by atoms with Crippen LogP contribution >= 0.6 is 0 Å². The predicted octanol–water partition coefficient (Wildman–Crippen LogP) is 5.10. The number of rotatable bonds is 9. The highest BCUT2D eigenvalue weighted by Crippen LogP contribution is 2.52. The summed E-state index contributed by atoms with van der Waals surface area (Å²) in [5.41, 5.74) is 2.76. The van der Waals surface area contributed by atoms with Gasteiger partial charge in [0, 0.05) is 68.1 Å². The predicted molar refractivity (Wildman–Crippen MR) is 158 cm³/mol. The van der Waals surface area contributed by atoms with E-state index in [1.807, 2.05) is 33.0 Å². The Morgan fingerprint density at radius 3 is 2.69 bits per heavy atom. The van der Waals surface area contributed by atoms with Gasteiger partial charge in [-0.15, -0.1) is 0 Å². The zero-order valence-electron chi connectivity index (χ0n) is 24.8. The molecule has 1 aromatic carbocycles. The van der Waals surface area contributed by atoms with E-state index in [9.17, 15) is 9.18 Å². The van der Waals surface area contributed by atoms with Crippen LogP contribution in [0, 0.1) is 11.2 Å². The molecule has 0 N–H and O–H groups in total. The smallest absolute Gasteiger partial charge is 0.257 e. The van der Waals surface area contributed by atoms with Gasteiger partial charge in [-0.1, -0.05) is 6.92 Å².